The van der Waals surface area contributed by atoms with E-state index in [1.165, 1.54) is 17.5 Å². The van der Waals surface area contributed by atoms with Crippen LogP contribution in [0.3, 0.4) is 0 Å². The van der Waals surface area contributed by atoms with Crippen molar-refractivity contribution < 1.29 is 22.4 Å². The van der Waals surface area contributed by atoms with Crippen LogP contribution in [0, 0.1) is 23.3 Å². The van der Waals surface area contributed by atoms with Crippen molar-refractivity contribution >= 4 is 17.6 Å². The lowest BCUT2D eigenvalue weighted by atomic mass is 10.0. The van der Waals surface area contributed by atoms with Crippen molar-refractivity contribution in [3.8, 4) is 21.6 Å². The minimum absolute atomic E-state index is 0.0403. The molecule has 0 atom stereocenters. The summed E-state index contributed by atoms with van der Waals surface area (Å²) < 4.78 is 53.9. The van der Waals surface area contributed by atoms with Crippen LogP contribution in [0.2, 0.25) is 0 Å². The second-order valence-electron chi connectivity index (χ2n) is 4.76. The number of thiophene rings is 1. The van der Waals surface area contributed by atoms with Gasteiger partial charge in [-0.1, -0.05) is 0 Å². The molecule has 0 saturated carbocycles. The summed E-state index contributed by atoms with van der Waals surface area (Å²) in [6, 6.07) is 5.99. The maximum absolute atomic E-state index is 13.9. The second kappa shape index (κ2) is 5.96. The fraction of sp³-hybridized carbons (Fsp3) is 0. The summed E-state index contributed by atoms with van der Waals surface area (Å²) in [7, 11) is 0. The summed E-state index contributed by atoms with van der Waals surface area (Å²) in [5, 5.41) is 1.48. The Morgan fingerprint density at radius 2 is 1.35 bits per heavy atom. The molecule has 0 aliphatic rings. The van der Waals surface area contributed by atoms with Crippen molar-refractivity contribution in [1.29, 1.82) is 0 Å². The van der Waals surface area contributed by atoms with Gasteiger partial charge in [-0.25, -0.2) is 17.6 Å². The third kappa shape index (κ3) is 2.77. The zero-order valence-corrected chi connectivity index (χ0v) is 12.3. The number of carbonyl (C=O) groups excluding carboxylic acids is 1. The van der Waals surface area contributed by atoms with Gasteiger partial charge in [-0.15, -0.1) is 11.3 Å². The molecule has 0 N–H and O–H groups in total. The first kappa shape index (κ1) is 15.4. The third-order valence-corrected chi connectivity index (χ3v) is 4.37. The lowest BCUT2D eigenvalue weighted by Crippen LogP contribution is -1.91. The van der Waals surface area contributed by atoms with E-state index >= 15 is 0 Å². The molecule has 0 amide bonds. The van der Waals surface area contributed by atoms with Gasteiger partial charge in [-0.2, -0.15) is 0 Å². The Kier molecular flexibility index (Phi) is 4.00. The van der Waals surface area contributed by atoms with E-state index in [1.807, 2.05) is 0 Å². The molecule has 0 radical (unpaired) electrons. The molecule has 1 nitrogen and oxygen atoms in total. The van der Waals surface area contributed by atoms with Gasteiger partial charge in [-0.05, 0) is 24.3 Å². The monoisotopic (exact) mass is 336 g/mol. The van der Waals surface area contributed by atoms with E-state index < -0.39 is 23.3 Å². The Morgan fingerprint density at radius 3 is 1.87 bits per heavy atom. The lowest BCUT2D eigenvalue weighted by Gasteiger charge is -2.05. The van der Waals surface area contributed by atoms with Gasteiger partial charge >= 0.3 is 0 Å². The van der Waals surface area contributed by atoms with Crippen LogP contribution >= 0.6 is 11.3 Å². The molecule has 6 heteroatoms. The van der Waals surface area contributed by atoms with E-state index in [2.05, 4.69) is 0 Å². The van der Waals surface area contributed by atoms with Gasteiger partial charge in [0.05, 0.1) is 0 Å². The highest BCUT2D eigenvalue weighted by atomic mass is 32.1. The molecule has 0 spiro atoms. The predicted octanol–water partition coefficient (Wildman–Crippen LogP) is 5.45. The number of hydrogen-bond acceptors (Lipinski definition) is 2. The molecule has 1 heterocycles. The molecule has 116 valence electrons. The highest BCUT2D eigenvalue weighted by Crippen LogP contribution is 2.39. The van der Waals surface area contributed by atoms with Crippen molar-refractivity contribution in [2.75, 3.05) is 0 Å². The number of rotatable bonds is 3. The third-order valence-electron chi connectivity index (χ3n) is 3.34. The highest BCUT2D eigenvalue weighted by molar-refractivity contribution is 7.14. The summed E-state index contributed by atoms with van der Waals surface area (Å²) in [5.41, 5.74) is 0.401. The van der Waals surface area contributed by atoms with Crippen LogP contribution in [0.25, 0.3) is 21.6 Å². The van der Waals surface area contributed by atoms with E-state index in [4.69, 9.17) is 0 Å². The van der Waals surface area contributed by atoms with Crippen LogP contribution in [0.15, 0.2) is 41.8 Å². The molecule has 0 aliphatic heterocycles. The molecular weight excluding hydrogens is 328 g/mol. The predicted molar refractivity (Wildman–Crippen MR) is 80.4 cm³/mol. The van der Waals surface area contributed by atoms with Crippen molar-refractivity contribution in [3.63, 3.8) is 0 Å². The van der Waals surface area contributed by atoms with Crippen molar-refractivity contribution in [3.05, 3.63) is 70.6 Å². The molecule has 0 fully saturated rings. The quantitative estimate of drug-likeness (QED) is 0.459. The topological polar surface area (TPSA) is 17.1 Å². The van der Waals surface area contributed by atoms with Crippen molar-refractivity contribution in [2.45, 2.75) is 0 Å². The van der Waals surface area contributed by atoms with Crippen LogP contribution in [-0.4, -0.2) is 6.29 Å². The Morgan fingerprint density at radius 1 is 0.783 bits per heavy atom. The van der Waals surface area contributed by atoms with E-state index in [0.29, 0.717) is 18.4 Å². The molecule has 2 aromatic carbocycles. The van der Waals surface area contributed by atoms with Gasteiger partial charge in [-0.3, -0.25) is 4.79 Å². The van der Waals surface area contributed by atoms with E-state index in [9.17, 15) is 22.4 Å². The zero-order chi connectivity index (χ0) is 16.6. The van der Waals surface area contributed by atoms with Crippen LogP contribution in [-0.2, 0) is 0 Å². The molecule has 0 aliphatic carbocycles. The average Bonchev–Trinajstić information content (AvgIpc) is 2.90. The first-order valence-corrected chi connectivity index (χ1v) is 7.36. The SMILES string of the molecule is O=Cc1c(-c2ccc(F)cc2F)csc1-c1ccc(F)cc1F. The van der Waals surface area contributed by atoms with Crippen LogP contribution in [0.1, 0.15) is 10.4 Å². The maximum Gasteiger partial charge on any atom is 0.152 e. The number of carbonyl (C=O) groups is 1. The fourth-order valence-corrected chi connectivity index (χ4v) is 3.35. The van der Waals surface area contributed by atoms with Gasteiger partial charge in [0.2, 0.25) is 0 Å². The minimum Gasteiger partial charge on any atom is -0.298 e. The lowest BCUT2D eigenvalue weighted by molar-refractivity contribution is 0.112. The summed E-state index contributed by atoms with van der Waals surface area (Å²) in [6.45, 7) is 0. The molecule has 23 heavy (non-hydrogen) atoms. The standard InChI is InChI=1S/C17H8F4OS/c18-9-1-3-11(15(20)5-9)14-8-23-17(13(14)7-22)12-4-2-10(19)6-16(12)21/h1-8H. The van der Waals surface area contributed by atoms with Gasteiger partial charge in [0.25, 0.3) is 0 Å². The zero-order valence-electron chi connectivity index (χ0n) is 11.4. The van der Waals surface area contributed by atoms with Gasteiger partial charge in [0, 0.05) is 44.6 Å². The van der Waals surface area contributed by atoms with E-state index in [1.54, 1.807) is 0 Å². The normalized spacial score (nSPS) is 10.8. The van der Waals surface area contributed by atoms with Crippen LogP contribution in [0.5, 0.6) is 0 Å². The molecule has 0 bridgehead atoms. The fourth-order valence-electron chi connectivity index (χ4n) is 2.28. The Hall–Kier alpha value is -2.47. The van der Waals surface area contributed by atoms with Crippen LogP contribution < -0.4 is 0 Å². The van der Waals surface area contributed by atoms with Gasteiger partial charge < -0.3 is 0 Å². The first-order chi connectivity index (χ1) is 11.0. The molecule has 0 saturated heterocycles. The molecule has 3 aromatic rings. The Labute approximate surface area is 132 Å². The first-order valence-electron chi connectivity index (χ1n) is 6.48. The number of aldehydes is 1. The van der Waals surface area contributed by atoms with Gasteiger partial charge in [0.15, 0.2) is 6.29 Å². The smallest absolute Gasteiger partial charge is 0.152 e. The summed E-state index contributed by atoms with van der Waals surface area (Å²) in [5.74, 6) is -3.11. The van der Waals surface area contributed by atoms with Crippen LogP contribution in [0.4, 0.5) is 17.6 Å². The average molecular weight is 336 g/mol. The number of halogens is 4. The van der Waals surface area contributed by atoms with Crippen molar-refractivity contribution in [2.24, 2.45) is 0 Å². The minimum atomic E-state index is -0.822. The van der Waals surface area contributed by atoms with E-state index in [-0.39, 0.29) is 27.1 Å². The van der Waals surface area contributed by atoms with Crippen molar-refractivity contribution in [1.82, 2.24) is 0 Å². The highest BCUT2D eigenvalue weighted by Gasteiger charge is 2.19. The summed E-state index contributed by atoms with van der Waals surface area (Å²) in [6.07, 6.45) is 0.479. The van der Waals surface area contributed by atoms with E-state index in [0.717, 1.165) is 23.5 Å². The molecule has 3 rings (SSSR count). The molecule has 0 unspecified atom stereocenters. The molecular formula is C17H8F4OS. The maximum atomic E-state index is 13.9. The second-order valence-corrected chi connectivity index (χ2v) is 5.64. The Bertz CT molecular complexity index is 833. The number of hydrogen-bond donors (Lipinski definition) is 0. The van der Waals surface area contributed by atoms with Gasteiger partial charge in [0.1, 0.15) is 23.3 Å². The largest absolute Gasteiger partial charge is 0.298 e. The Balaban J connectivity index is 2.19. The summed E-state index contributed by atoms with van der Waals surface area (Å²) >= 11 is 1.03. The number of benzene rings is 2. The molecule has 1 aromatic heterocycles. The summed E-state index contributed by atoms with van der Waals surface area (Å²) in [4.78, 5) is 11.7.